The molecule has 0 aliphatic heterocycles. The van der Waals surface area contributed by atoms with Crippen molar-refractivity contribution in [2.45, 2.75) is 5.41 Å². The average molecular weight is 902 g/mol. The van der Waals surface area contributed by atoms with Crippen LogP contribution in [0.1, 0.15) is 22.3 Å². The van der Waals surface area contributed by atoms with E-state index in [1.807, 2.05) is 0 Å². The van der Waals surface area contributed by atoms with E-state index >= 15 is 0 Å². The van der Waals surface area contributed by atoms with Crippen LogP contribution in [0.2, 0.25) is 0 Å². The van der Waals surface area contributed by atoms with Gasteiger partial charge < -0.3 is 9.32 Å². The van der Waals surface area contributed by atoms with Crippen molar-refractivity contribution in [1.82, 2.24) is 0 Å². The topological polar surface area (TPSA) is 16.4 Å². The minimum atomic E-state index is -0.577. The molecule has 0 radical (unpaired) electrons. The third-order valence-electron chi connectivity index (χ3n) is 15.5. The van der Waals surface area contributed by atoms with Crippen LogP contribution in [0.3, 0.4) is 0 Å². The van der Waals surface area contributed by atoms with Crippen molar-refractivity contribution in [2.75, 3.05) is 4.90 Å². The van der Waals surface area contributed by atoms with Crippen molar-refractivity contribution in [1.29, 1.82) is 0 Å². The van der Waals surface area contributed by atoms with Crippen molar-refractivity contribution < 1.29 is 4.42 Å². The highest BCUT2D eigenvalue weighted by atomic mass is 16.3. The normalized spacial score (nSPS) is 12.9. The van der Waals surface area contributed by atoms with E-state index in [-0.39, 0.29) is 0 Å². The van der Waals surface area contributed by atoms with Gasteiger partial charge in [-0.2, -0.15) is 0 Å². The van der Waals surface area contributed by atoms with Gasteiger partial charge in [0, 0.05) is 33.4 Å². The third-order valence-corrected chi connectivity index (χ3v) is 15.5. The Balaban J connectivity index is 0.972. The molecule has 13 aromatic rings. The van der Waals surface area contributed by atoms with E-state index in [1.165, 1.54) is 88.3 Å². The van der Waals surface area contributed by atoms with Crippen LogP contribution in [0.4, 0.5) is 17.1 Å². The molecule has 1 heterocycles. The summed E-state index contributed by atoms with van der Waals surface area (Å²) in [6.07, 6.45) is 0. The van der Waals surface area contributed by atoms with Gasteiger partial charge in [-0.3, -0.25) is 0 Å². The van der Waals surface area contributed by atoms with Gasteiger partial charge in [0.25, 0.3) is 0 Å². The number of fused-ring (bicyclic) bond motifs is 15. The summed E-state index contributed by atoms with van der Waals surface area (Å²) in [5.41, 5.74) is 21.7. The van der Waals surface area contributed by atoms with Gasteiger partial charge in [-0.15, -0.1) is 0 Å². The fourth-order valence-electron chi connectivity index (χ4n) is 12.5. The van der Waals surface area contributed by atoms with E-state index in [2.05, 4.69) is 266 Å². The van der Waals surface area contributed by atoms with E-state index in [0.29, 0.717) is 0 Å². The Hall–Kier alpha value is -9.24. The molecule has 0 amide bonds. The van der Waals surface area contributed by atoms with Gasteiger partial charge in [-0.25, -0.2) is 0 Å². The maximum Gasteiger partial charge on any atom is 0.143 e. The lowest BCUT2D eigenvalue weighted by Crippen LogP contribution is -2.26. The number of para-hydroxylation sites is 1. The standard InChI is InChI=1S/C69H43NO/c1-3-22-52-44(16-1)18-14-28-54(52)46-34-38-49(39-35-46)70(50-40-36-47(37-41-50)55-29-15-19-45-17-2-4-23-53(45)55)51-21-13-20-48(42-51)66-67-60(43-61-59-27-8-12-33-65(59)71-68(61)66)58-26-7-11-32-64(58)69(67)62-30-9-5-24-56(62)57-25-6-10-31-63(57)69/h1-43H. The van der Waals surface area contributed by atoms with Crippen LogP contribution in [0.5, 0.6) is 0 Å². The molecule has 2 heteroatoms. The molecule has 1 aromatic heterocycles. The zero-order valence-corrected chi connectivity index (χ0v) is 38.7. The second kappa shape index (κ2) is 15.4. The maximum atomic E-state index is 7.17. The zero-order chi connectivity index (χ0) is 46.6. The van der Waals surface area contributed by atoms with Crippen molar-refractivity contribution in [3.63, 3.8) is 0 Å². The second-order valence-electron chi connectivity index (χ2n) is 19.1. The minimum Gasteiger partial charge on any atom is -0.455 e. The summed E-state index contributed by atoms with van der Waals surface area (Å²) in [5, 5.41) is 7.20. The van der Waals surface area contributed by atoms with Gasteiger partial charge in [-0.1, -0.05) is 212 Å². The molecule has 0 bridgehead atoms. The van der Waals surface area contributed by atoms with Crippen LogP contribution in [-0.4, -0.2) is 0 Å². The van der Waals surface area contributed by atoms with Crippen LogP contribution in [0, 0.1) is 0 Å². The summed E-state index contributed by atoms with van der Waals surface area (Å²) in [6.45, 7) is 0. The Bertz CT molecular complexity index is 4110. The molecular weight excluding hydrogens is 859 g/mol. The Morgan fingerprint density at radius 3 is 1.32 bits per heavy atom. The van der Waals surface area contributed by atoms with Crippen molar-refractivity contribution in [2.24, 2.45) is 0 Å². The van der Waals surface area contributed by atoms with Crippen LogP contribution >= 0.6 is 0 Å². The predicted octanol–water partition coefficient (Wildman–Crippen LogP) is 18.7. The van der Waals surface area contributed by atoms with Gasteiger partial charge in [0.2, 0.25) is 0 Å². The summed E-state index contributed by atoms with van der Waals surface area (Å²) >= 11 is 0. The molecule has 330 valence electrons. The molecule has 2 aliphatic rings. The molecule has 0 fully saturated rings. The first kappa shape index (κ1) is 39.7. The molecule has 2 nitrogen and oxygen atoms in total. The minimum absolute atomic E-state index is 0.577. The smallest absolute Gasteiger partial charge is 0.143 e. The lowest BCUT2D eigenvalue weighted by atomic mass is 9.68. The van der Waals surface area contributed by atoms with Crippen LogP contribution in [-0.2, 0) is 5.41 Å². The van der Waals surface area contributed by atoms with E-state index in [0.717, 1.165) is 50.1 Å². The molecule has 71 heavy (non-hydrogen) atoms. The van der Waals surface area contributed by atoms with Gasteiger partial charge >= 0.3 is 0 Å². The molecular formula is C69H43NO. The molecule has 0 saturated heterocycles. The quantitative estimate of drug-likeness (QED) is 0.165. The van der Waals surface area contributed by atoms with Gasteiger partial charge in [-0.05, 0) is 142 Å². The zero-order valence-electron chi connectivity index (χ0n) is 38.7. The molecule has 15 rings (SSSR count). The van der Waals surface area contributed by atoms with E-state index in [1.54, 1.807) is 0 Å². The first-order valence-electron chi connectivity index (χ1n) is 24.6. The van der Waals surface area contributed by atoms with Crippen LogP contribution in [0.15, 0.2) is 265 Å². The second-order valence-corrected chi connectivity index (χ2v) is 19.1. The number of anilines is 3. The molecule has 0 saturated carbocycles. The molecule has 1 spiro atoms. The summed E-state index contributed by atoms with van der Waals surface area (Å²) in [5.74, 6) is 0. The molecule has 0 N–H and O–H groups in total. The highest BCUT2D eigenvalue weighted by Gasteiger charge is 2.53. The summed E-state index contributed by atoms with van der Waals surface area (Å²) < 4.78 is 7.17. The molecule has 12 aromatic carbocycles. The Morgan fingerprint density at radius 1 is 0.296 bits per heavy atom. The summed E-state index contributed by atoms with van der Waals surface area (Å²) in [7, 11) is 0. The first-order valence-corrected chi connectivity index (χ1v) is 24.6. The van der Waals surface area contributed by atoms with E-state index in [9.17, 15) is 0 Å². The Morgan fingerprint density at radius 2 is 0.746 bits per heavy atom. The number of hydrogen-bond donors (Lipinski definition) is 0. The molecule has 0 unspecified atom stereocenters. The highest BCUT2D eigenvalue weighted by molar-refractivity contribution is 6.15. The number of benzene rings is 12. The predicted molar refractivity (Wildman–Crippen MR) is 296 cm³/mol. The lowest BCUT2D eigenvalue weighted by molar-refractivity contribution is 0.668. The van der Waals surface area contributed by atoms with Crippen molar-refractivity contribution >= 4 is 60.5 Å². The number of nitrogens with zero attached hydrogens (tertiary/aromatic N) is 1. The van der Waals surface area contributed by atoms with Crippen molar-refractivity contribution in [3.05, 3.63) is 283 Å². The fraction of sp³-hybridized carbons (Fsp3) is 0.0145. The molecule has 2 aliphatic carbocycles. The number of hydrogen-bond acceptors (Lipinski definition) is 2. The SMILES string of the molecule is c1cc(-c2c3c(cc4c2oc2ccccc24)-c2ccccc2C32c3ccccc3-c3ccccc32)cc(N(c2ccc(-c3cccc4ccccc34)cc2)c2ccc(-c3cccc4ccccc34)cc2)c1. The van der Waals surface area contributed by atoms with Gasteiger partial charge in [0.15, 0.2) is 0 Å². The monoisotopic (exact) mass is 901 g/mol. The van der Waals surface area contributed by atoms with E-state index < -0.39 is 5.41 Å². The number of furan rings is 1. The largest absolute Gasteiger partial charge is 0.455 e. The average Bonchev–Trinajstić information content (AvgIpc) is 4.07. The van der Waals surface area contributed by atoms with Crippen LogP contribution < -0.4 is 4.90 Å². The molecule has 0 atom stereocenters. The van der Waals surface area contributed by atoms with Gasteiger partial charge in [0.05, 0.1) is 5.41 Å². The van der Waals surface area contributed by atoms with Gasteiger partial charge in [0.1, 0.15) is 11.2 Å². The van der Waals surface area contributed by atoms with Crippen molar-refractivity contribution in [3.8, 4) is 55.6 Å². The fourth-order valence-corrected chi connectivity index (χ4v) is 12.5. The highest BCUT2D eigenvalue weighted by Crippen LogP contribution is 2.66. The third kappa shape index (κ3) is 5.77. The first-order chi connectivity index (χ1) is 35.2. The van der Waals surface area contributed by atoms with Crippen LogP contribution in [0.25, 0.3) is 99.1 Å². The Labute approximate surface area is 412 Å². The Kier molecular flexibility index (Phi) is 8.61. The summed E-state index contributed by atoms with van der Waals surface area (Å²) in [4.78, 5) is 2.41. The number of rotatable bonds is 6. The lowest BCUT2D eigenvalue weighted by Gasteiger charge is -2.32. The maximum absolute atomic E-state index is 7.17. The van der Waals surface area contributed by atoms with E-state index in [4.69, 9.17) is 4.42 Å². The summed E-state index contributed by atoms with van der Waals surface area (Å²) in [6, 6.07) is 96.0.